The Morgan fingerprint density at radius 3 is 2.12 bits per heavy atom. The molecule has 0 aliphatic carbocycles. The predicted octanol–water partition coefficient (Wildman–Crippen LogP) is 5.09. The number of nitrogens with zero attached hydrogens (tertiary/aromatic N) is 2. The monoisotopic (exact) mass is 459 g/mol. The largest absolute Gasteiger partial charge is 0.493 e. The fourth-order valence-electron chi connectivity index (χ4n) is 3.90. The third kappa shape index (κ3) is 6.33. The van der Waals surface area contributed by atoms with Crippen LogP contribution in [0.3, 0.4) is 0 Å². The van der Waals surface area contributed by atoms with E-state index in [9.17, 15) is 5.26 Å². The molecule has 0 amide bonds. The molecule has 1 unspecified atom stereocenters. The first-order valence-corrected chi connectivity index (χ1v) is 10.9. The van der Waals surface area contributed by atoms with Crippen molar-refractivity contribution in [1.82, 2.24) is 4.90 Å². The van der Waals surface area contributed by atoms with Gasteiger partial charge in [0.25, 0.3) is 0 Å². The number of nitriles is 1. The van der Waals surface area contributed by atoms with Gasteiger partial charge in [-0.05, 0) is 74.1 Å². The third-order valence-corrected chi connectivity index (χ3v) is 5.96. The summed E-state index contributed by atoms with van der Waals surface area (Å²) in [6, 6.07) is 12.8. The quantitative estimate of drug-likeness (QED) is 0.416. The molecule has 0 heterocycles. The van der Waals surface area contributed by atoms with E-state index in [1.54, 1.807) is 30.3 Å². The summed E-state index contributed by atoms with van der Waals surface area (Å²) >= 11 is 0. The van der Waals surface area contributed by atoms with Gasteiger partial charge in [-0.25, -0.2) is 0 Å². The Balaban J connectivity index is 2.32. The molecule has 6 heteroatoms. The Morgan fingerprint density at radius 2 is 1.58 bits per heavy atom. The predicted molar refractivity (Wildman–Crippen MR) is 132 cm³/mol. The van der Waals surface area contributed by atoms with Crippen LogP contribution in [0, 0.1) is 17.2 Å². The molecule has 0 saturated heterocycles. The standard InChI is InChI=1S/C27H38N2O4/c1-20(2)27(19-28,22-10-12-24(31-5)26(18-22)33-7)14-8-15-29(3)16-13-21-9-11-23(30-4)25(17-21)32-6/h9-12,17-18,20H,8,13-16H2,1-7H3/i3D3,16D2. The lowest BCUT2D eigenvalue weighted by molar-refractivity contribution is 0.292. The van der Waals surface area contributed by atoms with Crippen LogP contribution in [-0.4, -0.2) is 53.4 Å². The van der Waals surface area contributed by atoms with Crippen molar-refractivity contribution in [2.45, 2.75) is 38.5 Å². The van der Waals surface area contributed by atoms with E-state index < -0.39 is 18.9 Å². The summed E-state index contributed by atoms with van der Waals surface area (Å²) in [7, 11) is 6.06. The zero-order valence-electron chi connectivity index (χ0n) is 25.4. The van der Waals surface area contributed by atoms with Crippen LogP contribution in [0.4, 0.5) is 0 Å². The lowest BCUT2D eigenvalue weighted by Gasteiger charge is -2.32. The summed E-state index contributed by atoms with van der Waals surface area (Å²) in [5.41, 5.74) is 0.373. The maximum Gasteiger partial charge on any atom is 0.161 e. The molecule has 1 atom stereocenters. The van der Waals surface area contributed by atoms with Gasteiger partial charge in [-0.1, -0.05) is 26.0 Å². The Labute approximate surface area is 206 Å². The minimum atomic E-state index is -2.68. The summed E-state index contributed by atoms with van der Waals surface area (Å²) in [5, 5.41) is 10.3. The Bertz CT molecular complexity index is 1120. The van der Waals surface area contributed by atoms with Gasteiger partial charge in [-0.15, -0.1) is 0 Å². The molecule has 2 aromatic carbocycles. The first-order chi connectivity index (χ1) is 17.8. The summed E-state index contributed by atoms with van der Waals surface area (Å²) in [4.78, 5) is 0.897. The van der Waals surface area contributed by atoms with Gasteiger partial charge in [0.1, 0.15) is 0 Å². The van der Waals surface area contributed by atoms with E-state index in [4.69, 9.17) is 25.8 Å². The van der Waals surface area contributed by atoms with Gasteiger partial charge in [0.05, 0.1) is 39.9 Å². The van der Waals surface area contributed by atoms with E-state index in [0.717, 1.165) is 10.5 Å². The van der Waals surface area contributed by atoms with E-state index in [-0.39, 0.29) is 25.3 Å². The van der Waals surface area contributed by atoms with Crippen LogP contribution in [0.15, 0.2) is 36.4 Å². The van der Waals surface area contributed by atoms with Gasteiger partial charge >= 0.3 is 0 Å². The lowest BCUT2D eigenvalue weighted by atomic mass is 9.69. The second kappa shape index (κ2) is 12.4. The molecule has 0 aromatic heterocycles. The molecule has 2 rings (SSSR count). The number of ether oxygens (including phenoxy) is 4. The normalized spacial score (nSPS) is 15.9. The molecular weight excluding hydrogens is 416 g/mol. The Kier molecular flexibility index (Phi) is 7.32. The van der Waals surface area contributed by atoms with Crippen molar-refractivity contribution in [2.75, 3.05) is 48.5 Å². The molecule has 0 fully saturated rings. The Hall–Kier alpha value is -2.91. The lowest BCUT2D eigenvalue weighted by Crippen LogP contribution is -2.32. The molecule has 0 radical (unpaired) electrons. The zero-order chi connectivity index (χ0) is 28.7. The third-order valence-electron chi connectivity index (χ3n) is 5.96. The molecule has 6 nitrogen and oxygen atoms in total. The van der Waals surface area contributed by atoms with E-state index in [0.29, 0.717) is 35.0 Å². The minimum Gasteiger partial charge on any atom is -0.493 e. The molecule has 2 aromatic rings. The molecular formula is C27H38N2O4. The molecule has 0 aliphatic rings. The van der Waals surface area contributed by atoms with Crippen molar-refractivity contribution in [3.8, 4) is 29.1 Å². The number of methoxy groups -OCH3 is 4. The first-order valence-electron chi connectivity index (χ1n) is 13.4. The fourth-order valence-corrected chi connectivity index (χ4v) is 3.90. The van der Waals surface area contributed by atoms with E-state index in [2.05, 4.69) is 6.07 Å². The second-order valence-corrected chi connectivity index (χ2v) is 8.09. The second-order valence-electron chi connectivity index (χ2n) is 8.09. The smallest absolute Gasteiger partial charge is 0.161 e. The van der Waals surface area contributed by atoms with Gasteiger partial charge in [0, 0.05) is 13.4 Å². The minimum absolute atomic E-state index is 0.0692. The van der Waals surface area contributed by atoms with Gasteiger partial charge in [-0.3, -0.25) is 0 Å². The van der Waals surface area contributed by atoms with Crippen molar-refractivity contribution >= 4 is 0 Å². The van der Waals surface area contributed by atoms with Crippen LogP contribution in [0.5, 0.6) is 23.0 Å². The topological polar surface area (TPSA) is 64.0 Å². The van der Waals surface area contributed by atoms with Crippen molar-refractivity contribution in [3.63, 3.8) is 0 Å². The number of benzene rings is 2. The van der Waals surface area contributed by atoms with Crippen molar-refractivity contribution in [2.24, 2.45) is 5.92 Å². The highest BCUT2D eigenvalue weighted by Crippen LogP contribution is 2.40. The molecule has 0 aliphatic heterocycles. The van der Waals surface area contributed by atoms with E-state index in [1.807, 2.05) is 19.9 Å². The van der Waals surface area contributed by atoms with Gasteiger partial charge in [-0.2, -0.15) is 5.26 Å². The number of aryl methyl sites for hydroxylation is 1. The van der Waals surface area contributed by atoms with Crippen LogP contribution in [0.1, 0.15) is 44.7 Å². The summed E-state index contributed by atoms with van der Waals surface area (Å²) in [6.45, 7) is -1.06. The first kappa shape index (κ1) is 19.5. The average Bonchev–Trinajstić information content (AvgIpc) is 2.87. The van der Waals surface area contributed by atoms with Crippen LogP contribution in [0.2, 0.25) is 0 Å². The molecule has 0 N–H and O–H groups in total. The Morgan fingerprint density at radius 1 is 0.970 bits per heavy atom. The highest BCUT2D eigenvalue weighted by molar-refractivity contribution is 5.47. The fraction of sp³-hybridized carbons (Fsp3) is 0.519. The number of hydrogen-bond donors (Lipinski definition) is 0. The molecule has 33 heavy (non-hydrogen) atoms. The number of likely N-dealkylation sites (N-methyl/N-ethyl adjacent to an activating group) is 1. The summed E-state index contributed by atoms with van der Waals surface area (Å²) in [6.07, 6.45) is 0.439. The highest BCUT2D eigenvalue weighted by atomic mass is 16.5. The van der Waals surface area contributed by atoms with Crippen molar-refractivity contribution < 1.29 is 25.8 Å². The van der Waals surface area contributed by atoms with Crippen LogP contribution >= 0.6 is 0 Å². The maximum absolute atomic E-state index is 10.3. The SMILES string of the molecule is [2H]C([2H])([2H])N(CCCC(C#N)(c1ccc(OC)c(OC)c1)C(C)C)C([2H])([2H])Cc1ccc(OC)c(OC)c1. The summed E-state index contributed by atoms with van der Waals surface area (Å²) < 4.78 is 62.9. The maximum atomic E-state index is 10.3. The molecule has 0 saturated carbocycles. The average molecular weight is 460 g/mol. The van der Waals surface area contributed by atoms with Gasteiger partial charge in [0.2, 0.25) is 0 Å². The number of hydrogen-bond acceptors (Lipinski definition) is 6. The van der Waals surface area contributed by atoms with Gasteiger partial charge in [0.15, 0.2) is 23.0 Å². The molecule has 0 spiro atoms. The van der Waals surface area contributed by atoms with Crippen molar-refractivity contribution in [1.29, 1.82) is 5.26 Å². The van der Waals surface area contributed by atoms with Crippen LogP contribution in [0.25, 0.3) is 0 Å². The molecule has 180 valence electrons. The highest BCUT2D eigenvalue weighted by Gasteiger charge is 2.36. The zero-order valence-corrected chi connectivity index (χ0v) is 20.4. The van der Waals surface area contributed by atoms with E-state index >= 15 is 0 Å². The van der Waals surface area contributed by atoms with Crippen LogP contribution < -0.4 is 18.9 Å². The van der Waals surface area contributed by atoms with Gasteiger partial charge < -0.3 is 23.8 Å². The summed E-state index contributed by atoms with van der Waals surface area (Å²) in [5.74, 6) is 1.88. The van der Waals surface area contributed by atoms with E-state index in [1.165, 1.54) is 28.4 Å². The number of rotatable bonds is 13. The van der Waals surface area contributed by atoms with Crippen LogP contribution in [-0.2, 0) is 11.8 Å². The van der Waals surface area contributed by atoms with Crippen molar-refractivity contribution in [3.05, 3.63) is 47.5 Å². The molecule has 0 bridgehead atoms.